The number of hydrogen-bond acceptors (Lipinski definition) is 1. The first-order valence-electron chi connectivity index (χ1n) is 6.18. The minimum absolute atomic E-state index is 0.142. The Hall–Kier alpha value is -1.25. The first-order valence-corrected chi connectivity index (χ1v) is 6.18. The van der Waals surface area contributed by atoms with Crippen LogP contribution in [0.2, 0.25) is 0 Å². The number of nitrogens with one attached hydrogen (secondary N) is 1. The van der Waals surface area contributed by atoms with E-state index in [9.17, 15) is 4.79 Å². The number of aromatic amines is 1. The van der Waals surface area contributed by atoms with E-state index in [4.69, 9.17) is 5.73 Å². The second kappa shape index (κ2) is 7.09. The van der Waals surface area contributed by atoms with Crippen molar-refractivity contribution in [2.75, 3.05) is 0 Å². The molecule has 1 amide bonds. The number of carbonyl (C=O) groups is 1. The maximum Gasteiger partial charge on any atom is 0.226 e. The highest BCUT2D eigenvalue weighted by Gasteiger charge is 2.17. The van der Waals surface area contributed by atoms with Gasteiger partial charge in [0, 0.05) is 11.9 Å². The summed E-state index contributed by atoms with van der Waals surface area (Å²) in [7, 11) is 0. The third kappa shape index (κ3) is 4.09. The number of primary amides is 1. The van der Waals surface area contributed by atoms with Crippen LogP contribution in [-0.4, -0.2) is 10.9 Å². The van der Waals surface area contributed by atoms with Crippen molar-refractivity contribution in [1.29, 1.82) is 0 Å². The second-order valence-electron chi connectivity index (χ2n) is 4.28. The molecule has 1 rings (SSSR count). The van der Waals surface area contributed by atoms with E-state index in [0.717, 1.165) is 18.5 Å². The Bertz CT molecular complexity index is 293. The van der Waals surface area contributed by atoms with Crippen LogP contribution in [0.5, 0.6) is 0 Å². The standard InChI is InChI=1S/C13H22N2O/c1-2-3-4-5-6-8-11(13(14)16)12-9-7-10-15-12/h7,9-11,15H,2-6,8H2,1H3,(H2,14,16). The predicted molar refractivity (Wildman–Crippen MR) is 66.1 cm³/mol. The molecule has 3 nitrogen and oxygen atoms in total. The fourth-order valence-corrected chi connectivity index (χ4v) is 1.96. The minimum atomic E-state index is -0.224. The van der Waals surface area contributed by atoms with Gasteiger partial charge in [0.05, 0.1) is 5.92 Å². The minimum Gasteiger partial charge on any atom is -0.369 e. The molecule has 16 heavy (non-hydrogen) atoms. The topological polar surface area (TPSA) is 58.9 Å². The molecule has 0 fully saturated rings. The Labute approximate surface area is 97.4 Å². The van der Waals surface area contributed by atoms with Crippen LogP contribution in [0.4, 0.5) is 0 Å². The van der Waals surface area contributed by atoms with Gasteiger partial charge in [0.2, 0.25) is 5.91 Å². The summed E-state index contributed by atoms with van der Waals surface area (Å²) < 4.78 is 0. The molecule has 1 atom stereocenters. The second-order valence-corrected chi connectivity index (χ2v) is 4.28. The fourth-order valence-electron chi connectivity index (χ4n) is 1.96. The van der Waals surface area contributed by atoms with Crippen molar-refractivity contribution in [3.05, 3.63) is 24.0 Å². The smallest absolute Gasteiger partial charge is 0.226 e. The summed E-state index contributed by atoms with van der Waals surface area (Å²) in [6.45, 7) is 2.20. The maximum atomic E-state index is 11.3. The maximum absolute atomic E-state index is 11.3. The lowest BCUT2D eigenvalue weighted by Crippen LogP contribution is -2.21. The van der Waals surface area contributed by atoms with Gasteiger partial charge in [-0.25, -0.2) is 0 Å². The van der Waals surface area contributed by atoms with E-state index in [1.54, 1.807) is 0 Å². The summed E-state index contributed by atoms with van der Waals surface area (Å²) in [5, 5.41) is 0. The van der Waals surface area contributed by atoms with Gasteiger partial charge >= 0.3 is 0 Å². The highest BCUT2D eigenvalue weighted by atomic mass is 16.1. The first kappa shape index (κ1) is 12.8. The van der Waals surface area contributed by atoms with Crippen LogP contribution < -0.4 is 5.73 Å². The van der Waals surface area contributed by atoms with E-state index in [2.05, 4.69) is 11.9 Å². The van der Waals surface area contributed by atoms with Crippen molar-refractivity contribution in [1.82, 2.24) is 4.98 Å². The van der Waals surface area contributed by atoms with Crippen LogP contribution in [0.3, 0.4) is 0 Å². The molecular formula is C13H22N2O. The Kier molecular flexibility index (Phi) is 5.68. The molecule has 3 heteroatoms. The monoisotopic (exact) mass is 222 g/mol. The molecule has 0 spiro atoms. The number of unbranched alkanes of at least 4 members (excludes halogenated alkanes) is 4. The van der Waals surface area contributed by atoms with E-state index in [-0.39, 0.29) is 11.8 Å². The number of aromatic nitrogens is 1. The highest BCUT2D eigenvalue weighted by Crippen LogP contribution is 2.21. The third-order valence-corrected chi connectivity index (χ3v) is 2.94. The van der Waals surface area contributed by atoms with Gasteiger partial charge in [-0.15, -0.1) is 0 Å². The molecule has 1 aromatic heterocycles. The molecule has 0 saturated carbocycles. The highest BCUT2D eigenvalue weighted by molar-refractivity contribution is 5.81. The van der Waals surface area contributed by atoms with Gasteiger partial charge in [0.1, 0.15) is 0 Å². The molecule has 0 bridgehead atoms. The van der Waals surface area contributed by atoms with Crippen molar-refractivity contribution in [2.45, 2.75) is 51.4 Å². The van der Waals surface area contributed by atoms with E-state index in [1.165, 1.54) is 25.7 Å². The first-order chi connectivity index (χ1) is 7.75. The molecule has 0 aromatic carbocycles. The van der Waals surface area contributed by atoms with Gasteiger partial charge in [-0.3, -0.25) is 4.79 Å². The molecule has 0 saturated heterocycles. The van der Waals surface area contributed by atoms with Gasteiger partial charge in [0.15, 0.2) is 0 Å². The lowest BCUT2D eigenvalue weighted by atomic mass is 9.97. The number of carbonyl (C=O) groups excluding carboxylic acids is 1. The average molecular weight is 222 g/mol. The van der Waals surface area contributed by atoms with Gasteiger partial charge in [-0.1, -0.05) is 39.0 Å². The van der Waals surface area contributed by atoms with Crippen LogP contribution in [0.15, 0.2) is 18.3 Å². The van der Waals surface area contributed by atoms with Crippen LogP contribution >= 0.6 is 0 Å². The van der Waals surface area contributed by atoms with Crippen molar-refractivity contribution >= 4 is 5.91 Å². The van der Waals surface area contributed by atoms with Gasteiger partial charge in [0.25, 0.3) is 0 Å². The lowest BCUT2D eigenvalue weighted by Gasteiger charge is -2.11. The van der Waals surface area contributed by atoms with Crippen molar-refractivity contribution in [3.8, 4) is 0 Å². The van der Waals surface area contributed by atoms with Crippen molar-refractivity contribution in [2.24, 2.45) is 5.73 Å². The number of nitrogens with two attached hydrogens (primary N) is 1. The van der Waals surface area contributed by atoms with Gasteiger partial charge in [-0.2, -0.15) is 0 Å². The molecule has 3 N–H and O–H groups in total. The quantitative estimate of drug-likeness (QED) is 0.653. The van der Waals surface area contributed by atoms with E-state index < -0.39 is 0 Å². The SMILES string of the molecule is CCCCCCCC(C(N)=O)c1ccc[nH]1. The zero-order valence-electron chi connectivity index (χ0n) is 10.0. The summed E-state index contributed by atoms with van der Waals surface area (Å²) in [6, 6.07) is 3.84. The van der Waals surface area contributed by atoms with Gasteiger partial charge in [-0.05, 0) is 18.6 Å². The number of hydrogen-bond donors (Lipinski definition) is 2. The molecule has 0 radical (unpaired) electrons. The summed E-state index contributed by atoms with van der Waals surface area (Å²) in [4.78, 5) is 14.4. The van der Waals surface area contributed by atoms with Gasteiger partial charge < -0.3 is 10.7 Å². The van der Waals surface area contributed by atoms with Crippen molar-refractivity contribution < 1.29 is 4.79 Å². The van der Waals surface area contributed by atoms with Crippen LogP contribution in [0.25, 0.3) is 0 Å². The van der Waals surface area contributed by atoms with Crippen LogP contribution in [-0.2, 0) is 4.79 Å². The van der Waals surface area contributed by atoms with Crippen LogP contribution in [0.1, 0.15) is 57.1 Å². The van der Waals surface area contributed by atoms with E-state index in [0.29, 0.717) is 0 Å². The molecular weight excluding hydrogens is 200 g/mol. The zero-order chi connectivity index (χ0) is 11.8. The summed E-state index contributed by atoms with van der Waals surface area (Å²) in [5.74, 6) is -0.366. The molecule has 90 valence electrons. The summed E-state index contributed by atoms with van der Waals surface area (Å²) in [6.07, 6.45) is 8.75. The normalized spacial score (nSPS) is 12.6. The fraction of sp³-hybridized carbons (Fsp3) is 0.615. The molecule has 1 unspecified atom stereocenters. The third-order valence-electron chi connectivity index (χ3n) is 2.94. The number of H-pyrrole nitrogens is 1. The predicted octanol–water partition coefficient (Wildman–Crippen LogP) is 2.94. The molecule has 1 heterocycles. The summed E-state index contributed by atoms with van der Waals surface area (Å²) >= 11 is 0. The lowest BCUT2D eigenvalue weighted by molar-refractivity contribution is -0.119. The van der Waals surface area contributed by atoms with Crippen LogP contribution in [0, 0.1) is 0 Å². The molecule has 1 aromatic rings. The number of rotatable bonds is 8. The molecule has 0 aliphatic rings. The van der Waals surface area contributed by atoms with E-state index in [1.807, 2.05) is 18.3 Å². The van der Waals surface area contributed by atoms with E-state index >= 15 is 0 Å². The Morgan fingerprint density at radius 2 is 2.12 bits per heavy atom. The number of amides is 1. The zero-order valence-corrected chi connectivity index (χ0v) is 10.0. The molecule has 0 aliphatic heterocycles. The van der Waals surface area contributed by atoms with Crippen molar-refractivity contribution in [3.63, 3.8) is 0 Å². The Morgan fingerprint density at radius 1 is 1.38 bits per heavy atom. The molecule has 0 aliphatic carbocycles. The Morgan fingerprint density at radius 3 is 2.69 bits per heavy atom. The largest absolute Gasteiger partial charge is 0.369 e. The Balaban J connectivity index is 2.33. The summed E-state index contributed by atoms with van der Waals surface area (Å²) in [5.41, 5.74) is 6.36. The average Bonchev–Trinajstić information content (AvgIpc) is 2.76.